The van der Waals surface area contributed by atoms with Gasteiger partial charge in [-0.05, 0) is 48.9 Å². The third-order valence-corrected chi connectivity index (χ3v) is 8.02. The summed E-state index contributed by atoms with van der Waals surface area (Å²) in [5.41, 5.74) is 1.38. The molecule has 4 rings (SSSR count). The van der Waals surface area contributed by atoms with Crippen molar-refractivity contribution in [3.63, 3.8) is 0 Å². The maximum Gasteiger partial charge on any atom is 0.340 e. The van der Waals surface area contributed by atoms with Crippen LogP contribution in [0.1, 0.15) is 18.1 Å². The Kier molecular flexibility index (Phi) is 5.69. The van der Waals surface area contributed by atoms with Crippen molar-refractivity contribution in [3.05, 3.63) is 71.8 Å². The summed E-state index contributed by atoms with van der Waals surface area (Å²) in [6, 6.07) is 16.9. The fourth-order valence-corrected chi connectivity index (χ4v) is 5.30. The van der Waals surface area contributed by atoms with Gasteiger partial charge in [-0.15, -0.1) is 0 Å². The van der Waals surface area contributed by atoms with Crippen LogP contribution in [0.15, 0.2) is 74.9 Å². The van der Waals surface area contributed by atoms with Crippen LogP contribution in [-0.4, -0.2) is 27.6 Å². The fraction of sp³-hybridized carbons (Fsp3) is 0.130. The SMILES string of the molecule is CCS(=O)(=O)c1ccc2oc(-c3cccc(C)c3OS(=O)(=O)c3ccccc3C#N)nc2c1. The van der Waals surface area contributed by atoms with Gasteiger partial charge in [0.15, 0.2) is 21.2 Å². The molecule has 1 heterocycles. The molecule has 33 heavy (non-hydrogen) atoms. The minimum atomic E-state index is -4.34. The molecule has 0 fully saturated rings. The second-order valence-electron chi connectivity index (χ2n) is 7.15. The summed E-state index contributed by atoms with van der Waals surface area (Å²) >= 11 is 0. The summed E-state index contributed by atoms with van der Waals surface area (Å²) in [4.78, 5) is 4.23. The van der Waals surface area contributed by atoms with Gasteiger partial charge >= 0.3 is 10.1 Å². The summed E-state index contributed by atoms with van der Waals surface area (Å²) in [6.07, 6.45) is 0. The molecule has 1 aromatic heterocycles. The van der Waals surface area contributed by atoms with E-state index in [-0.39, 0.29) is 38.3 Å². The molecule has 0 unspecified atom stereocenters. The minimum Gasteiger partial charge on any atom is -0.436 e. The van der Waals surface area contributed by atoms with Crippen LogP contribution in [0.4, 0.5) is 0 Å². The molecular weight excluding hydrogens is 464 g/mol. The van der Waals surface area contributed by atoms with Gasteiger partial charge in [0.1, 0.15) is 16.5 Å². The minimum absolute atomic E-state index is 0.00166. The second-order valence-corrected chi connectivity index (χ2v) is 10.9. The molecule has 0 bridgehead atoms. The summed E-state index contributed by atoms with van der Waals surface area (Å²) < 4.78 is 61.6. The first-order valence-corrected chi connectivity index (χ1v) is 12.9. The lowest BCUT2D eigenvalue weighted by Gasteiger charge is -2.13. The molecule has 0 aliphatic carbocycles. The Morgan fingerprint density at radius 2 is 1.79 bits per heavy atom. The molecule has 168 valence electrons. The van der Waals surface area contributed by atoms with Gasteiger partial charge < -0.3 is 8.60 Å². The third-order valence-electron chi connectivity index (χ3n) is 5.01. The van der Waals surface area contributed by atoms with E-state index in [9.17, 15) is 22.1 Å². The normalized spacial score (nSPS) is 11.9. The van der Waals surface area contributed by atoms with Crippen LogP contribution < -0.4 is 4.18 Å². The average molecular weight is 483 g/mol. The van der Waals surface area contributed by atoms with Gasteiger partial charge in [-0.25, -0.2) is 13.4 Å². The molecule has 0 amide bonds. The van der Waals surface area contributed by atoms with Crippen LogP contribution in [-0.2, 0) is 20.0 Å². The van der Waals surface area contributed by atoms with Crippen LogP contribution in [0.5, 0.6) is 5.75 Å². The van der Waals surface area contributed by atoms with Crippen LogP contribution in [0.3, 0.4) is 0 Å². The van der Waals surface area contributed by atoms with E-state index < -0.39 is 20.0 Å². The number of oxazole rings is 1. The molecule has 0 aliphatic heterocycles. The first-order chi connectivity index (χ1) is 15.7. The highest BCUT2D eigenvalue weighted by Gasteiger charge is 2.25. The number of nitriles is 1. The smallest absolute Gasteiger partial charge is 0.340 e. The Morgan fingerprint density at radius 3 is 2.52 bits per heavy atom. The summed E-state index contributed by atoms with van der Waals surface area (Å²) in [7, 11) is -7.77. The Labute approximate surface area is 191 Å². The summed E-state index contributed by atoms with van der Waals surface area (Å²) in [6.45, 7) is 3.22. The van der Waals surface area contributed by atoms with E-state index in [0.717, 1.165) is 0 Å². The van der Waals surface area contributed by atoms with Crippen LogP contribution >= 0.6 is 0 Å². The molecule has 0 spiro atoms. The van der Waals surface area contributed by atoms with Crippen molar-refractivity contribution in [3.8, 4) is 23.3 Å². The van der Waals surface area contributed by atoms with E-state index in [1.165, 1.54) is 36.4 Å². The van der Waals surface area contributed by atoms with Gasteiger partial charge in [0.25, 0.3) is 0 Å². The Bertz CT molecular complexity index is 1630. The predicted molar refractivity (Wildman–Crippen MR) is 121 cm³/mol. The van der Waals surface area contributed by atoms with E-state index in [2.05, 4.69) is 4.98 Å². The summed E-state index contributed by atoms with van der Waals surface area (Å²) in [5, 5.41) is 9.28. The zero-order valence-electron chi connectivity index (χ0n) is 17.6. The van der Waals surface area contributed by atoms with Crippen LogP contribution in [0, 0.1) is 18.3 Å². The maximum atomic E-state index is 13.0. The zero-order chi connectivity index (χ0) is 23.8. The number of para-hydroxylation sites is 1. The lowest BCUT2D eigenvalue weighted by Crippen LogP contribution is -2.12. The maximum absolute atomic E-state index is 13.0. The molecule has 0 N–H and O–H groups in total. The topological polar surface area (TPSA) is 127 Å². The number of aryl methyl sites for hydroxylation is 1. The van der Waals surface area contributed by atoms with Crippen molar-refractivity contribution < 1.29 is 25.4 Å². The van der Waals surface area contributed by atoms with Crippen LogP contribution in [0.25, 0.3) is 22.6 Å². The largest absolute Gasteiger partial charge is 0.436 e. The second kappa shape index (κ2) is 8.35. The molecule has 3 aromatic carbocycles. The van der Waals surface area contributed by atoms with Gasteiger partial charge in [-0.2, -0.15) is 13.7 Å². The number of sulfone groups is 1. The lowest BCUT2D eigenvalue weighted by molar-refractivity contribution is 0.483. The molecule has 10 heteroatoms. The van der Waals surface area contributed by atoms with Gasteiger partial charge in [0, 0.05) is 0 Å². The van der Waals surface area contributed by atoms with E-state index in [1.807, 2.05) is 6.07 Å². The van der Waals surface area contributed by atoms with Gasteiger partial charge in [0.05, 0.1) is 21.8 Å². The number of benzene rings is 3. The highest BCUT2D eigenvalue weighted by atomic mass is 32.2. The van der Waals surface area contributed by atoms with Crippen LogP contribution in [0.2, 0.25) is 0 Å². The van der Waals surface area contributed by atoms with E-state index >= 15 is 0 Å². The Balaban J connectivity index is 1.82. The standard InChI is InChI=1S/C23H18N2O6S2/c1-3-32(26,27)17-11-12-20-19(13-17)25-23(30-20)18-9-6-7-15(2)22(18)31-33(28,29)21-10-5-4-8-16(21)14-24/h4-13H,3H2,1-2H3. The monoisotopic (exact) mass is 482 g/mol. The highest BCUT2D eigenvalue weighted by molar-refractivity contribution is 7.91. The Morgan fingerprint density at radius 1 is 1.03 bits per heavy atom. The van der Waals surface area contributed by atoms with E-state index in [4.69, 9.17) is 8.60 Å². The van der Waals surface area contributed by atoms with Crippen molar-refractivity contribution in [1.82, 2.24) is 4.98 Å². The first kappa shape index (κ1) is 22.5. The van der Waals surface area contributed by atoms with Crippen molar-refractivity contribution in [2.24, 2.45) is 0 Å². The molecule has 0 atom stereocenters. The van der Waals surface area contributed by atoms with Crippen molar-refractivity contribution in [2.75, 3.05) is 5.75 Å². The van der Waals surface area contributed by atoms with Gasteiger partial charge in [-0.3, -0.25) is 0 Å². The van der Waals surface area contributed by atoms with Crippen molar-refractivity contribution in [1.29, 1.82) is 5.26 Å². The van der Waals surface area contributed by atoms with Crippen molar-refractivity contribution >= 4 is 31.1 Å². The number of nitrogens with zero attached hydrogens (tertiary/aromatic N) is 2. The molecule has 0 saturated heterocycles. The molecule has 8 nitrogen and oxygen atoms in total. The number of hydrogen-bond acceptors (Lipinski definition) is 8. The van der Waals surface area contributed by atoms with Gasteiger partial charge in [-0.1, -0.05) is 31.2 Å². The number of aromatic nitrogens is 1. The number of hydrogen-bond donors (Lipinski definition) is 0. The predicted octanol–water partition coefficient (Wildman–Crippen LogP) is 4.24. The Hall–Kier alpha value is -3.68. The molecular formula is C23H18N2O6S2. The summed E-state index contributed by atoms with van der Waals surface area (Å²) in [5.74, 6) is 0.0120. The van der Waals surface area contributed by atoms with Gasteiger partial charge in [0.2, 0.25) is 5.89 Å². The van der Waals surface area contributed by atoms with Crippen molar-refractivity contribution in [2.45, 2.75) is 23.6 Å². The quantitative estimate of drug-likeness (QED) is 0.373. The first-order valence-electron chi connectivity index (χ1n) is 9.83. The third kappa shape index (κ3) is 4.20. The fourth-order valence-electron chi connectivity index (χ4n) is 3.25. The number of rotatable bonds is 6. The van der Waals surface area contributed by atoms with E-state index in [0.29, 0.717) is 16.7 Å². The molecule has 0 saturated carbocycles. The number of fused-ring (bicyclic) bond motifs is 1. The molecule has 4 aromatic rings. The lowest BCUT2D eigenvalue weighted by atomic mass is 10.1. The molecule has 0 aliphatic rings. The zero-order valence-corrected chi connectivity index (χ0v) is 19.3. The highest BCUT2D eigenvalue weighted by Crippen LogP contribution is 2.36. The average Bonchev–Trinajstić information content (AvgIpc) is 3.23. The van der Waals surface area contributed by atoms with E-state index in [1.54, 1.807) is 38.1 Å². The molecule has 0 radical (unpaired) electrons.